The molecule has 8 nitrogen and oxygen atoms in total. The number of carbonyl (C=O) groups excluding carboxylic acids is 3. The van der Waals surface area contributed by atoms with Crippen LogP contribution in [0.15, 0.2) is 41.1 Å². The molecule has 1 aromatic carbocycles. The second-order valence-electron chi connectivity index (χ2n) is 6.77. The molecule has 2 amide bonds. The molecule has 0 fully saturated rings. The number of carbonyl (C=O) groups is 3. The van der Waals surface area contributed by atoms with Crippen LogP contribution in [0.3, 0.4) is 0 Å². The molecule has 166 valence electrons. The van der Waals surface area contributed by atoms with E-state index in [-0.39, 0.29) is 39.2 Å². The van der Waals surface area contributed by atoms with Crippen molar-refractivity contribution >= 4 is 62.4 Å². The lowest BCUT2D eigenvalue weighted by Gasteiger charge is -2.14. The first-order valence-electron chi connectivity index (χ1n) is 9.07. The van der Waals surface area contributed by atoms with Gasteiger partial charge in [-0.25, -0.2) is 14.1 Å². The van der Waals surface area contributed by atoms with E-state index in [1.807, 2.05) is 0 Å². The SMILES string of the molecule is CC(CC(=O)c1cc(F)cc(Cl)c1NC(=O)c1cc(Br)nn1-c1ncccc1Cl)C(N)=O. The van der Waals surface area contributed by atoms with E-state index in [0.29, 0.717) is 4.60 Å². The summed E-state index contributed by atoms with van der Waals surface area (Å²) in [5.41, 5.74) is 4.92. The molecule has 0 aliphatic carbocycles. The van der Waals surface area contributed by atoms with Crippen LogP contribution in [0.2, 0.25) is 10.0 Å². The van der Waals surface area contributed by atoms with E-state index in [0.717, 1.165) is 12.1 Å². The normalized spacial score (nSPS) is 11.8. The molecule has 2 heterocycles. The fraction of sp³-hybridized carbons (Fsp3) is 0.150. The van der Waals surface area contributed by atoms with Gasteiger partial charge in [0, 0.05) is 30.2 Å². The number of nitrogens with zero attached hydrogens (tertiary/aromatic N) is 3. The van der Waals surface area contributed by atoms with Gasteiger partial charge in [0.15, 0.2) is 11.6 Å². The number of rotatable bonds is 7. The molecule has 2 aromatic heterocycles. The first kappa shape index (κ1) is 23.8. The Hall–Kier alpha value is -2.82. The van der Waals surface area contributed by atoms with E-state index in [1.165, 1.54) is 23.9 Å². The molecular weight excluding hydrogens is 528 g/mol. The highest BCUT2D eigenvalue weighted by Gasteiger charge is 2.24. The lowest BCUT2D eigenvalue weighted by molar-refractivity contribution is -0.121. The van der Waals surface area contributed by atoms with Gasteiger partial charge in [-0.2, -0.15) is 5.10 Å². The number of nitrogens with one attached hydrogen (secondary N) is 1. The van der Waals surface area contributed by atoms with Gasteiger partial charge in [-0.15, -0.1) is 0 Å². The lowest BCUT2D eigenvalue weighted by atomic mass is 9.98. The maximum absolute atomic E-state index is 14.0. The molecule has 3 rings (SSSR count). The van der Waals surface area contributed by atoms with Crippen molar-refractivity contribution in [2.45, 2.75) is 13.3 Å². The zero-order chi connectivity index (χ0) is 23.6. The summed E-state index contributed by atoms with van der Waals surface area (Å²) in [6, 6.07) is 6.49. The summed E-state index contributed by atoms with van der Waals surface area (Å²) < 4.78 is 15.5. The number of hydrogen-bond acceptors (Lipinski definition) is 5. The number of Topliss-reactive ketones (excluding diaryl/α,β-unsaturated/α-hetero) is 1. The minimum atomic E-state index is -0.795. The Morgan fingerprint density at radius 2 is 1.97 bits per heavy atom. The second-order valence-corrected chi connectivity index (χ2v) is 8.39. The van der Waals surface area contributed by atoms with Crippen molar-refractivity contribution in [1.82, 2.24) is 14.8 Å². The van der Waals surface area contributed by atoms with Crippen molar-refractivity contribution in [2.75, 3.05) is 5.32 Å². The molecule has 0 spiro atoms. The summed E-state index contributed by atoms with van der Waals surface area (Å²) >= 11 is 15.5. The first-order chi connectivity index (χ1) is 15.1. The van der Waals surface area contributed by atoms with Crippen LogP contribution in [0.25, 0.3) is 5.82 Å². The van der Waals surface area contributed by atoms with Crippen molar-refractivity contribution in [2.24, 2.45) is 11.7 Å². The van der Waals surface area contributed by atoms with Gasteiger partial charge >= 0.3 is 0 Å². The molecule has 1 unspecified atom stereocenters. The largest absolute Gasteiger partial charge is 0.369 e. The molecule has 1 atom stereocenters. The number of ketones is 1. The predicted molar refractivity (Wildman–Crippen MR) is 121 cm³/mol. The van der Waals surface area contributed by atoms with Crippen molar-refractivity contribution in [3.8, 4) is 5.82 Å². The number of benzene rings is 1. The van der Waals surface area contributed by atoms with Crippen LogP contribution in [0.5, 0.6) is 0 Å². The third-order valence-corrected chi connectivity index (χ3v) is 5.40. The van der Waals surface area contributed by atoms with E-state index >= 15 is 0 Å². The van der Waals surface area contributed by atoms with E-state index in [4.69, 9.17) is 28.9 Å². The molecule has 0 radical (unpaired) electrons. The van der Waals surface area contributed by atoms with Crippen LogP contribution in [-0.4, -0.2) is 32.4 Å². The smallest absolute Gasteiger partial charge is 0.274 e. The van der Waals surface area contributed by atoms with Crippen molar-refractivity contribution in [3.63, 3.8) is 0 Å². The zero-order valence-electron chi connectivity index (χ0n) is 16.4. The van der Waals surface area contributed by atoms with Gasteiger partial charge in [-0.3, -0.25) is 14.4 Å². The molecule has 3 N–H and O–H groups in total. The van der Waals surface area contributed by atoms with Gasteiger partial charge in [0.25, 0.3) is 5.91 Å². The highest BCUT2D eigenvalue weighted by molar-refractivity contribution is 9.10. The summed E-state index contributed by atoms with van der Waals surface area (Å²) in [4.78, 5) is 41.2. The van der Waals surface area contributed by atoms with Crippen LogP contribution in [-0.2, 0) is 4.79 Å². The molecule has 0 saturated carbocycles. The van der Waals surface area contributed by atoms with E-state index in [9.17, 15) is 18.8 Å². The molecular formula is C20H15BrCl2FN5O3. The monoisotopic (exact) mass is 541 g/mol. The fourth-order valence-electron chi connectivity index (χ4n) is 2.80. The van der Waals surface area contributed by atoms with Crippen LogP contribution in [0.1, 0.15) is 34.2 Å². The minimum absolute atomic E-state index is 0.0155. The minimum Gasteiger partial charge on any atom is -0.369 e. The summed E-state index contributed by atoms with van der Waals surface area (Å²) in [6.07, 6.45) is 1.19. The number of aromatic nitrogens is 3. The molecule has 0 saturated heterocycles. The average molecular weight is 543 g/mol. The van der Waals surface area contributed by atoms with Crippen molar-refractivity contribution in [1.29, 1.82) is 0 Å². The number of halogens is 4. The standard InChI is InChI=1S/C20H15BrCl2FN5O3/c1-9(18(25)31)5-15(30)11-6-10(24)7-13(23)17(11)27-20(32)14-8-16(21)28-29(14)19-12(22)3-2-4-26-19/h2-4,6-9H,5H2,1H3,(H2,25,31)(H,27,32). The molecule has 0 aliphatic heterocycles. The van der Waals surface area contributed by atoms with Crippen LogP contribution >= 0.6 is 39.1 Å². The highest BCUT2D eigenvalue weighted by atomic mass is 79.9. The first-order valence-corrected chi connectivity index (χ1v) is 10.6. The number of primary amides is 1. The number of amides is 2. The van der Waals surface area contributed by atoms with Gasteiger partial charge in [0.2, 0.25) is 5.91 Å². The number of anilines is 1. The summed E-state index contributed by atoms with van der Waals surface area (Å²) in [7, 11) is 0. The topological polar surface area (TPSA) is 120 Å². The predicted octanol–water partition coefficient (Wildman–Crippen LogP) is 4.42. The van der Waals surface area contributed by atoms with Crippen LogP contribution in [0, 0.1) is 11.7 Å². The molecule has 12 heteroatoms. The van der Waals surface area contributed by atoms with E-state index < -0.39 is 29.3 Å². The Kier molecular flexibility index (Phi) is 7.27. The maximum Gasteiger partial charge on any atom is 0.274 e. The van der Waals surface area contributed by atoms with Crippen LogP contribution in [0.4, 0.5) is 10.1 Å². The molecule has 0 aliphatic rings. The van der Waals surface area contributed by atoms with Gasteiger partial charge in [0.1, 0.15) is 16.1 Å². The summed E-state index contributed by atoms with van der Waals surface area (Å²) in [5.74, 6) is -3.40. The third-order valence-electron chi connectivity index (χ3n) is 4.42. The Bertz CT molecular complexity index is 1230. The van der Waals surface area contributed by atoms with E-state index in [2.05, 4.69) is 31.3 Å². The summed E-state index contributed by atoms with van der Waals surface area (Å²) in [5, 5.41) is 6.74. The molecule has 3 aromatic rings. The van der Waals surface area contributed by atoms with Gasteiger partial charge in [-0.1, -0.05) is 30.1 Å². The van der Waals surface area contributed by atoms with E-state index in [1.54, 1.807) is 12.1 Å². The van der Waals surface area contributed by atoms with Gasteiger partial charge < -0.3 is 11.1 Å². The quantitative estimate of drug-likeness (QED) is 0.428. The number of nitrogens with two attached hydrogens (primary N) is 1. The third kappa shape index (κ3) is 5.14. The Morgan fingerprint density at radius 3 is 2.62 bits per heavy atom. The Labute approximate surface area is 200 Å². The molecule has 32 heavy (non-hydrogen) atoms. The number of hydrogen-bond donors (Lipinski definition) is 2. The molecule has 0 bridgehead atoms. The highest BCUT2D eigenvalue weighted by Crippen LogP contribution is 2.30. The fourth-order valence-corrected chi connectivity index (χ4v) is 3.63. The number of pyridine rings is 1. The van der Waals surface area contributed by atoms with Gasteiger partial charge in [-0.05, 0) is 40.2 Å². The maximum atomic E-state index is 14.0. The van der Waals surface area contributed by atoms with Gasteiger partial charge in [0.05, 0.1) is 15.7 Å². The average Bonchev–Trinajstić information content (AvgIpc) is 3.11. The lowest BCUT2D eigenvalue weighted by Crippen LogP contribution is -2.24. The van der Waals surface area contributed by atoms with Crippen molar-refractivity contribution < 1.29 is 18.8 Å². The Balaban J connectivity index is 2.00. The van der Waals surface area contributed by atoms with Crippen LogP contribution < -0.4 is 11.1 Å². The summed E-state index contributed by atoms with van der Waals surface area (Å²) in [6.45, 7) is 1.46. The Morgan fingerprint density at radius 1 is 1.25 bits per heavy atom. The van der Waals surface area contributed by atoms with Crippen molar-refractivity contribution in [3.05, 3.63) is 68.3 Å². The zero-order valence-corrected chi connectivity index (χ0v) is 19.5. The second kappa shape index (κ2) is 9.76.